The molecule has 2 heteroatoms. The third-order valence-electron chi connectivity index (χ3n) is 3.01. The lowest BCUT2D eigenvalue weighted by molar-refractivity contribution is -0.111. The van der Waals surface area contributed by atoms with Crippen LogP contribution in [-0.4, -0.2) is 30.8 Å². The van der Waals surface area contributed by atoms with Crippen molar-refractivity contribution in [2.75, 3.05) is 13.6 Å². The van der Waals surface area contributed by atoms with E-state index in [0.29, 0.717) is 0 Å². The highest BCUT2D eigenvalue weighted by Gasteiger charge is 2.18. The maximum absolute atomic E-state index is 10.2. The molecule has 2 fully saturated rings. The number of likely N-dealkylation sites (tertiary alicyclic amines) is 1. The minimum atomic E-state index is 0.218. The summed E-state index contributed by atoms with van der Waals surface area (Å²) < 4.78 is 0. The van der Waals surface area contributed by atoms with Crippen LogP contribution in [0.25, 0.3) is 0 Å². The average molecular weight is 213 g/mol. The molecule has 0 N–H and O–H groups in total. The molecule has 0 amide bonds. The number of aldehydes is 1. The van der Waals surface area contributed by atoms with E-state index in [0.717, 1.165) is 25.2 Å². The average Bonchev–Trinajstić information content (AvgIpc) is 3.05. The van der Waals surface area contributed by atoms with Crippen LogP contribution in [0.15, 0.2) is 0 Å². The molecule has 1 saturated carbocycles. The lowest BCUT2D eigenvalue weighted by Gasteiger charge is -2.10. The van der Waals surface area contributed by atoms with E-state index in [-0.39, 0.29) is 6.04 Å². The van der Waals surface area contributed by atoms with Crippen LogP contribution in [0.1, 0.15) is 52.9 Å². The largest absolute Gasteiger partial charge is 0.302 e. The first-order chi connectivity index (χ1) is 7.27. The SMILES string of the molecule is CC.CCC1CC1.CN1CCCC1C=O. The van der Waals surface area contributed by atoms with E-state index >= 15 is 0 Å². The summed E-state index contributed by atoms with van der Waals surface area (Å²) in [5.41, 5.74) is 0. The summed E-state index contributed by atoms with van der Waals surface area (Å²) in [6.45, 7) is 7.35. The van der Waals surface area contributed by atoms with Gasteiger partial charge in [0.25, 0.3) is 0 Å². The van der Waals surface area contributed by atoms with Gasteiger partial charge >= 0.3 is 0 Å². The van der Waals surface area contributed by atoms with E-state index in [1.54, 1.807) is 0 Å². The zero-order valence-electron chi connectivity index (χ0n) is 10.8. The van der Waals surface area contributed by atoms with Crippen LogP contribution < -0.4 is 0 Å². The molecular weight excluding hydrogens is 186 g/mol. The Bertz CT molecular complexity index is 155. The molecule has 0 radical (unpaired) electrons. The van der Waals surface area contributed by atoms with E-state index in [9.17, 15) is 4.79 Å². The van der Waals surface area contributed by atoms with E-state index in [1.165, 1.54) is 25.7 Å². The molecule has 15 heavy (non-hydrogen) atoms. The Labute approximate surface area is 95.0 Å². The molecule has 0 aromatic carbocycles. The molecule has 0 bridgehead atoms. The highest BCUT2D eigenvalue weighted by atomic mass is 16.1. The second-order valence-electron chi connectivity index (χ2n) is 4.18. The van der Waals surface area contributed by atoms with Crippen molar-refractivity contribution >= 4 is 6.29 Å². The fourth-order valence-corrected chi connectivity index (χ4v) is 1.63. The fraction of sp³-hybridized carbons (Fsp3) is 0.923. The molecule has 1 unspecified atom stereocenters. The molecule has 0 aromatic rings. The van der Waals surface area contributed by atoms with Gasteiger partial charge in [-0.3, -0.25) is 4.90 Å². The topological polar surface area (TPSA) is 20.3 Å². The number of hydrogen-bond donors (Lipinski definition) is 0. The minimum Gasteiger partial charge on any atom is -0.302 e. The van der Waals surface area contributed by atoms with Crippen LogP contribution in [-0.2, 0) is 4.79 Å². The van der Waals surface area contributed by atoms with Gasteiger partial charge in [0.05, 0.1) is 6.04 Å². The summed E-state index contributed by atoms with van der Waals surface area (Å²) in [6, 6.07) is 0.218. The van der Waals surface area contributed by atoms with Gasteiger partial charge in [0.15, 0.2) is 0 Å². The van der Waals surface area contributed by atoms with Crippen molar-refractivity contribution in [1.82, 2.24) is 4.90 Å². The molecule has 2 nitrogen and oxygen atoms in total. The Balaban J connectivity index is 0.000000241. The van der Waals surface area contributed by atoms with Crippen molar-refractivity contribution in [2.45, 2.75) is 58.9 Å². The maximum Gasteiger partial charge on any atom is 0.137 e. The van der Waals surface area contributed by atoms with Gasteiger partial charge in [-0.2, -0.15) is 0 Å². The van der Waals surface area contributed by atoms with Crippen molar-refractivity contribution in [3.05, 3.63) is 0 Å². The van der Waals surface area contributed by atoms with Crippen molar-refractivity contribution in [3.63, 3.8) is 0 Å². The van der Waals surface area contributed by atoms with E-state index in [4.69, 9.17) is 0 Å². The van der Waals surface area contributed by atoms with Crippen molar-refractivity contribution in [1.29, 1.82) is 0 Å². The molecule has 90 valence electrons. The van der Waals surface area contributed by atoms with Crippen LogP contribution in [0.4, 0.5) is 0 Å². The predicted molar refractivity (Wildman–Crippen MR) is 66.1 cm³/mol. The second-order valence-corrected chi connectivity index (χ2v) is 4.18. The van der Waals surface area contributed by atoms with Gasteiger partial charge in [0.1, 0.15) is 6.29 Å². The lowest BCUT2D eigenvalue weighted by atomic mass is 10.2. The summed E-state index contributed by atoms with van der Waals surface area (Å²) in [5, 5.41) is 0. The minimum absolute atomic E-state index is 0.218. The van der Waals surface area contributed by atoms with Gasteiger partial charge < -0.3 is 4.79 Å². The zero-order valence-corrected chi connectivity index (χ0v) is 10.8. The molecular formula is C13H27NO. The third kappa shape index (κ3) is 6.67. The molecule has 2 rings (SSSR count). The van der Waals surface area contributed by atoms with Crippen LogP contribution in [0.2, 0.25) is 0 Å². The molecule has 1 atom stereocenters. The first kappa shape index (κ1) is 14.6. The zero-order chi connectivity index (χ0) is 11.7. The smallest absolute Gasteiger partial charge is 0.137 e. The molecule has 0 aromatic heterocycles. The molecule has 1 aliphatic carbocycles. The van der Waals surface area contributed by atoms with Gasteiger partial charge in [0, 0.05) is 0 Å². The Hall–Kier alpha value is -0.370. The van der Waals surface area contributed by atoms with E-state index in [1.807, 2.05) is 20.9 Å². The van der Waals surface area contributed by atoms with Crippen molar-refractivity contribution < 1.29 is 4.79 Å². The van der Waals surface area contributed by atoms with E-state index in [2.05, 4.69) is 11.8 Å². The van der Waals surface area contributed by atoms with Gasteiger partial charge in [-0.25, -0.2) is 0 Å². The highest BCUT2D eigenvalue weighted by molar-refractivity contribution is 5.57. The normalized spacial score (nSPS) is 24.7. The van der Waals surface area contributed by atoms with Crippen molar-refractivity contribution in [3.8, 4) is 0 Å². The molecule has 1 aliphatic heterocycles. The van der Waals surface area contributed by atoms with Crippen LogP contribution in [0.5, 0.6) is 0 Å². The summed E-state index contributed by atoms with van der Waals surface area (Å²) in [6.07, 6.45) is 7.71. The Kier molecular flexibility index (Phi) is 8.68. The third-order valence-corrected chi connectivity index (χ3v) is 3.01. The summed E-state index contributed by atoms with van der Waals surface area (Å²) in [4.78, 5) is 12.3. The quantitative estimate of drug-likeness (QED) is 0.657. The van der Waals surface area contributed by atoms with Crippen LogP contribution in [0, 0.1) is 5.92 Å². The number of carbonyl (C=O) groups is 1. The van der Waals surface area contributed by atoms with Gasteiger partial charge in [0.2, 0.25) is 0 Å². The number of likely N-dealkylation sites (N-methyl/N-ethyl adjacent to an activating group) is 1. The molecule has 1 saturated heterocycles. The van der Waals surface area contributed by atoms with Gasteiger partial charge in [-0.15, -0.1) is 0 Å². The molecule has 0 spiro atoms. The number of carbonyl (C=O) groups excluding carboxylic acids is 1. The Morgan fingerprint density at radius 3 is 2.00 bits per heavy atom. The highest BCUT2D eigenvalue weighted by Crippen LogP contribution is 2.31. The number of rotatable bonds is 2. The summed E-state index contributed by atoms with van der Waals surface area (Å²) in [5.74, 6) is 1.13. The first-order valence-corrected chi connectivity index (χ1v) is 6.43. The monoisotopic (exact) mass is 213 g/mol. The molecule has 2 aliphatic rings. The van der Waals surface area contributed by atoms with Gasteiger partial charge in [-0.1, -0.05) is 40.0 Å². The van der Waals surface area contributed by atoms with Crippen LogP contribution in [0.3, 0.4) is 0 Å². The first-order valence-electron chi connectivity index (χ1n) is 6.43. The summed E-state index contributed by atoms with van der Waals surface area (Å²) in [7, 11) is 1.99. The maximum atomic E-state index is 10.2. The standard InChI is InChI=1S/C6H11NO.C5H10.C2H6/c1-7-4-2-3-6(7)5-8;1-2-5-3-4-5;1-2/h5-6H,2-4H2,1H3;5H,2-4H2,1H3;1-2H3. The molecule has 1 heterocycles. The predicted octanol–water partition coefficient (Wildman–Crippen LogP) is 3.11. The Morgan fingerprint density at radius 2 is 1.87 bits per heavy atom. The van der Waals surface area contributed by atoms with Crippen LogP contribution >= 0.6 is 0 Å². The van der Waals surface area contributed by atoms with Gasteiger partial charge in [-0.05, 0) is 32.4 Å². The number of nitrogens with zero attached hydrogens (tertiary/aromatic N) is 1. The van der Waals surface area contributed by atoms with Crippen molar-refractivity contribution in [2.24, 2.45) is 5.92 Å². The van der Waals surface area contributed by atoms with E-state index < -0.39 is 0 Å². The number of hydrogen-bond acceptors (Lipinski definition) is 2. The Morgan fingerprint density at radius 1 is 1.27 bits per heavy atom. The lowest BCUT2D eigenvalue weighted by Crippen LogP contribution is -2.25. The fourth-order valence-electron chi connectivity index (χ4n) is 1.63. The second kappa shape index (κ2) is 8.90. The summed E-state index contributed by atoms with van der Waals surface area (Å²) >= 11 is 0.